The quantitative estimate of drug-likeness (QED) is 0.606. The number of hydrogen-bond acceptors (Lipinski definition) is 8. The number of rotatable bonds is 7. The smallest absolute Gasteiger partial charge is 0.355 e. The van der Waals surface area contributed by atoms with Crippen molar-refractivity contribution in [3.05, 3.63) is 24.0 Å². The Balaban J connectivity index is 2.40. The van der Waals surface area contributed by atoms with Crippen molar-refractivity contribution >= 4 is 20.9 Å². The van der Waals surface area contributed by atoms with Crippen LogP contribution in [-0.4, -0.2) is 51.4 Å². The zero-order valence-corrected chi connectivity index (χ0v) is 16.0. The molecule has 0 aliphatic heterocycles. The number of aromatic hydroxyl groups is 1. The minimum atomic E-state index is -5.42. The second-order valence-electron chi connectivity index (χ2n) is 5.49. The van der Waals surface area contributed by atoms with Gasteiger partial charge in [0.25, 0.3) is 0 Å². The lowest BCUT2D eigenvalue weighted by Crippen LogP contribution is -2.20. The SMILES string of the molecule is CCOc1nc(OCC)nc(-c2c(O)n(S(=O)(=O)C(F)F)c3c(F)cccc23)n1. The number of aromatic nitrogens is 4. The van der Waals surface area contributed by atoms with Crippen molar-refractivity contribution in [3.63, 3.8) is 0 Å². The van der Waals surface area contributed by atoms with Gasteiger partial charge in [0.15, 0.2) is 5.82 Å². The summed E-state index contributed by atoms with van der Waals surface area (Å²) in [4.78, 5) is 11.8. The normalized spacial score (nSPS) is 11.9. The van der Waals surface area contributed by atoms with Crippen molar-refractivity contribution in [1.29, 1.82) is 0 Å². The maximum atomic E-state index is 14.4. The summed E-state index contributed by atoms with van der Waals surface area (Å²) in [7, 11) is -5.42. The summed E-state index contributed by atoms with van der Waals surface area (Å²) in [6.07, 6.45) is 0. The highest BCUT2D eigenvalue weighted by Gasteiger charge is 2.35. The molecular weight excluding hydrogens is 417 g/mol. The van der Waals surface area contributed by atoms with Crippen LogP contribution in [0, 0.1) is 5.82 Å². The molecule has 3 aromatic rings. The van der Waals surface area contributed by atoms with Crippen molar-refractivity contribution in [2.75, 3.05) is 13.2 Å². The summed E-state index contributed by atoms with van der Waals surface area (Å²) >= 11 is 0. The topological polar surface area (TPSA) is 116 Å². The molecule has 9 nitrogen and oxygen atoms in total. The number of benzene rings is 1. The van der Waals surface area contributed by atoms with Crippen LogP contribution in [0.5, 0.6) is 17.9 Å². The summed E-state index contributed by atoms with van der Waals surface area (Å²) in [5.41, 5.74) is -1.16. The molecule has 0 aliphatic rings. The van der Waals surface area contributed by atoms with E-state index in [1.54, 1.807) is 13.8 Å². The molecule has 0 spiro atoms. The van der Waals surface area contributed by atoms with Gasteiger partial charge in [0.2, 0.25) is 5.88 Å². The van der Waals surface area contributed by atoms with Crippen molar-refractivity contribution in [2.24, 2.45) is 0 Å². The van der Waals surface area contributed by atoms with Gasteiger partial charge >= 0.3 is 27.8 Å². The van der Waals surface area contributed by atoms with Crippen LogP contribution in [0.15, 0.2) is 18.2 Å². The Morgan fingerprint density at radius 1 is 1.10 bits per heavy atom. The average Bonchev–Trinajstić information content (AvgIpc) is 2.96. The molecule has 1 N–H and O–H groups in total. The van der Waals surface area contributed by atoms with E-state index in [-0.39, 0.29) is 40.4 Å². The molecule has 1 aromatic carbocycles. The van der Waals surface area contributed by atoms with E-state index in [2.05, 4.69) is 15.0 Å². The molecule has 3 rings (SSSR count). The Morgan fingerprint density at radius 2 is 1.69 bits per heavy atom. The highest BCUT2D eigenvalue weighted by atomic mass is 32.2. The van der Waals surface area contributed by atoms with Crippen molar-refractivity contribution in [3.8, 4) is 29.3 Å². The largest absolute Gasteiger partial charge is 0.493 e. The molecule has 0 unspecified atom stereocenters. The zero-order chi connectivity index (χ0) is 21.3. The Labute approximate surface area is 162 Å². The molecule has 0 radical (unpaired) electrons. The van der Waals surface area contributed by atoms with Gasteiger partial charge in [0.1, 0.15) is 11.3 Å². The van der Waals surface area contributed by atoms with E-state index in [4.69, 9.17) is 9.47 Å². The van der Waals surface area contributed by atoms with Gasteiger partial charge in [-0.1, -0.05) is 12.1 Å². The summed E-state index contributed by atoms with van der Waals surface area (Å²) < 4.78 is 75.1. The number of ether oxygens (including phenoxy) is 2. The van der Waals surface area contributed by atoms with Crippen LogP contribution < -0.4 is 9.47 Å². The second-order valence-corrected chi connectivity index (χ2v) is 7.25. The van der Waals surface area contributed by atoms with Crippen LogP contribution in [0.2, 0.25) is 0 Å². The highest BCUT2D eigenvalue weighted by molar-refractivity contribution is 7.90. The van der Waals surface area contributed by atoms with Crippen molar-refractivity contribution in [2.45, 2.75) is 19.6 Å². The van der Waals surface area contributed by atoms with Gasteiger partial charge in [-0.15, -0.1) is 4.98 Å². The highest BCUT2D eigenvalue weighted by Crippen LogP contribution is 2.41. The summed E-state index contributed by atoms with van der Waals surface area (Å²) in [6.45, 7) is 3.63. The molecule has 29 heavy (non-hydrogen) atoms. The van der Waals surface area contributed by atoms with Crippen LogP contribution in [-0.2, 0) is 10.0 Å². The minimum Gasteiger partial charge on any atom is -0.493 e. The first-order chi connectivity index (χ1) is 13.7. The van der Waals surface area contributed by atoms with Gasteiger partial charge in [0, 0.05) is 5.39 Å². The first-order valence-corrected chi connectivity index (χ1v) is 9.79. The van der Waals surface area contributed by atoms with Crippen LogP contribution in [0.3, 0.4) is 0 Å². The standard InChI is InChI=1S/C16H15F3N4O5S/c1-3-27-15-20-12(21-16(22-15)28-4-2)10-8-6-5-7-9(17)11(8)23(13(10)24)29(25,26)14(18)19/h5-7,14,24H,3-4H2,1-2H3. The monoisotopic (exact) mass is 432 g/mol. The van der Waals surface area contributed by atoms with Crippen molar-refractivity contribution < 1.29 is 36.2 Å². The second kappa shape index (κ2) is 7.73. The number of halogens is 3. The molecule has 13 heteroatoms. The molecule has 2 aromatic heterocycles. The number of hydrogen-bond donors (Lipinski definition) is 1. The molecule has 0 fully saturated rings. The van der Waals surface area contributed by atoms with E-state index in [9.17, 15) is 26.7 Å². The van der Waals surface area contributed by atoms with Crippen LogP contribution in [0.25, 0.3) is 22.3 Å². The average molecular weight is 432 g/mol. The van der Waals surface area contributed by atoms with Crippen LogP contribution in [0.4, 0.5) is 13.2 Å². The van der Waals surface area contributed by atoms with E-state index < -0.39 is 38.6 Å². The van der Waals surface area contributed by atoms with Gasteiger partial charge in [-0.3, -0.25) is 0 Å². The first kappa shape index (κ1) is 20.6. The molecule has 0 saturated heterocycles. The van der Waals surface area contributed by atoms with E-state index in [1.807, 2.05) is 0 Å². The molecule has 0 amide bonds. The lowest BCUT2D eigenvalue weighted by molar-refractivity contribution is 0.232. The predicted molar refractivity (Wildman–Crippen MR) is 95.0 cm³/mol. The minimum absolute atomic E-state index is 0.164. The fourth-order valence-corrected chi connectivity index (χ4v) is 3.57. The predicted octanol–water partition coefficient (Wildman–Crippen LogP) is 2.54. The molecule has 156 valence electrons. The Bertz CT molecular complexity index is 1140. The number of alkyl halides is 2. The molecule has 0 atom stereocenters. The maximum absolute atomic E-state index is 14.4. The summed E-state index contributed by atoms with van der Waals surface area (Å²) in [6, 6.07) is 2.89. The van der Waals surface area contributed by atoms with E-state index >= 15 is 0 Å². The molecule has 2 heterocycles. The zero-order valence-electron chi connectivity index (χ0n) is 15.1. The Kier molecular flexibility index (Phi) is 5.50. The van der Waals surface area contributed by atoms with Gasteiger partial charge in [-0.05, 0) is 19.9 Å². The summed E-state index contributed by atoms with van der Waals surface area (Å²) in [5.74, 6) is -6.57. The molecule has 0 bridgehead atoms. The van der Waals surface area contributed by atoms with Gasteiger partial charge in [-0.25, -0.2) is 4.39 Å². The Morgan fingerprint density at radius 3 is 2.21 bits per heavy atom. The van der Waals surface area contributed by atoms with E-state index in [1.165, 1.54) is 12.1 Å². The van der Waals surface area contributed by atoms with Gasteiger partial charge in [-0.2, -0.15) is 31.1 Å². The third-order valence-electron chi connectivity index (χ3n) is 3.72. The molecule has 0 saturated carbocycles. The number of nitrogens with zero attached hydrogens (tertiary/aromatic N) is 4. The third-order valence-corrected chi connectivity index (χ3v) is 5.03. The fraction of sp³-hybridized carbons (Fsp3) is 0.312. The van der Waals surface area contributed by atoms with Gasteiger partial charge < -0.3 is 14.6 Å². The lowest BCUT2D eigenvalue weighted by Gasteiger charge is -2.08. The number of fused-ring (bicyclic) bond motifs is 1. The third kappa shape index (κ3) is 3.52. The van der Waals surface area contributed by atoms with E-state index in [0.717, 1.165) is 6.07 Å². The maximum Gasteiger partial charge on any atom is 0.355 e. The van der Waals surface area contributed by atoms with Crippen LogP contribution in [0.1, 0.15) is 13.8 Å². The van der Waals surface area contributed by atoms with E-state index in [0.29, 0.717) is 0 Å². The molecule has 0 aliphatic carbocycles. The van der Waals surface area contributed by atoms with Gasteiger partial charge in [0.05, 0.1) is 18.8 Å². The lowest BCUT2D eigenvalue weighted by atomic mass is 10.1. The number of para-hydroxylation sites is 1. The fourth-order valence-electron chi connectivity index (χ4n) is 2.64. The van der Waals surface area contributed by atoms with Crippen molar-refractivity contribution in [1.82, 2.24) is 18.9 Å². The van der Waals surface area contributed by atoms with Crippen LogP contribution >= 0.6 is 0 Å². The Hall–Kier alpha value is -3.09. The first-order valence-electron chi connectivity index (χ1n) is 8.28. The summed E-state index contributed by atoms with van der Waals surface area (Å²) in [5, 5.41) is 10.3. The molecular formula is C16H15F3N4O5S.